The zero-order chi connectivity index (χ0) is 14.2. The molecule has 1 heterocycles. The van der Waals surface area contributed by atoms with Gasteiger partial charge in [-0.25, -0.2) is 9.07 Å². The molecule has 3 nitrogen and oxygen atoms in total. The Morgan fingerprint density at radius 2 is 1.95 bits per heavy atom. The van der Waals surface area contributed by atoms with Crippen LogP contribution in [0.25, 0.3) is 5.69 Å². The van der Waals surface area contributed by atoms with Gasteiger partial charge in [-0.15, -0.1) is 0 Å². The minimum atomic E-state index is -4.55. The molecular formula is C12H10F4N2O. The first-order valence-electron chi connectivity index (χ1n) is 5.40. The van der Waals surface area contributed by atoms with Gasteiger partial charge in [0.2, 0.25) is 0 Å². The van der Waals surface area contributed by atoms with Crippen LogP contribution in [0.4, 0.5) is 17.6 Å². The Morgan fingerprint density at radius 1 is 1.26 bits per heavy atom. The van der Waals surface area contributed by atoms with E-state index in [1.165, 1.54) is 13.0 Å². The van der Waals surface area contributed by atoms with Crippen molar-refractivity contribution in [1.82, 2.24) is 9.78 Å². The maximum Gasteiger partial charge on any atom is 0.435 e. The molecule has 1 atom stereocenters. The van der Waals surface area contributed by atoms with E-state index in [1.54, 1.807) is 0 Å². The Bertz CT molecular complexity index is 590. The third-order valence-corrected chi connectivity index (χ3v) is 2.57. The number of halogens is 4. The molecule has 0 aliphatic carbocycles. The average Bonchev–Trinajstić information content (AvgIpc) is 2.77. The van der Waals surface area contributed by atoms with Crippen LogP contribution in [-0.2, 0) is 6.18 Å². The number of nitrogens with zero attached hydrogens (tertiary/aromatic N) is 2. The predicted molar refractivity (Wildman–Crippen MR) is 59.2 cm³/mol. The van der Waals surface area contributed by atoms with Gasteiger partial charge in [0.1, 0.15) is 5.82 Å². The third kappa shape index (κ3) is 2.76. The molecule has 7 heteroatoms. The zero-order valence-electron chi connectivity index (χ0n) is 9.82. The summed E-state index contributed by atoms with van der Waals surface area (Å²) in [6, 6.07) is 4.24. The number of benzene rings is 1. The third-order valence-electron chi connectivity index (χ3n) is 2.57. The second-order valence-corrected chi connectivity index (χ2v) is 4.02. The minimum absolute atomic E-state index is 0.164. The van der Waals surface area contributed by atoms with Crippen molar-refractivity contribution in [2.24, 2.45) is 0 Å². The molecule has 0 bridgehead atoms. The second-order valence-electron chi connectivity index (χ2n) is 4.02. The maximum atomic E-state index is 13.1. The van der Waals surface area contributed by atoms with E-state index in [0.717, 1.165) is 29.1 Å². The summed E-state index contributed by atoms with van der Waals surface area (Å²) in [6.45, 7) is 1.40. The van der Waals surface area contributed by atoms with Crippen LogP contribution < -0.4 is 0 Å². The quantitative estimate of drug-likeness (QED) is 0.855. The number of aliphatic hydroxyl groups is 1. The molecule has 1 N–H and O–H groups in total. The molecule has 1 unspecified atom stereocenters. The number of hydrogen-bond donors (Lipinski definition) is 1. The Morgan fingerprint density at radius 3 is 2.47 bits per heavy atom. The molecule has 0 aliphatic rings. The molecule has 0 aliphatic heterocycles. The van der Waals surface area contributed by atoms with Crippen molar-refractivity contribution in [2.45, 2.75) is 19.2 Å². The molecule has 2 aromatic rings. The van der Waals surface area contributed by atoms with Crippen LogP contribution in [0.1, 0.15) is 24.3 Å². The Labute approximate surface area is 106 Å². The van der Waals surface area contributed by atoms with Crippen molar-refractivity contribution in [3.63, 3.8) is 0 Å². The number of aliphatic hydroxyl groups excluding tert-OH is 1. The van der Waals surface area contributed by atoms with E-state index in [2.05, 4.69) is 5.10 Å². The fourth-order valence-corrected chi connectivity index (χ4v) is 1.68. The molecule has 0 amide bonds. The van der Waals surface area contributed by atoms with Crippen LogP contribution in [0.3, 0.4) is 0 Å². The van der Waals surface area contributed by atoms with Gasteiger partial charge < -0.3 is 5.11 Å². The van der Waals surface area contributed by atoms with Crippen molar-refractivity contribution >= 4 is 0 Å². The van der Waals surface area contributed by atoms with Gasteiger partial charge in [0.05, 0.1) is 11.8 Å². The summed E-state index contributed by atoms with van der Waals surface area (Å²) in [5.74, 6) is -0.581. The molecule has 0 spiro atoms. The van der Waals surface area contributed by atoms with E-state index in [9.17, 15) is 22.7 Å². The summed E-state index contributed by atoms with van der Waals surface area (Å²) >= 11 is 0. The highest BCUT2D eigenvalue weighted by Crippen LogP contribution is 2.29. The maximum absolute atomic E-state index is 13.1. The highest BCUT2D eigenvalue weighted by atomic mass is 19.4. The van der Waals surface area contributed by atoms with Crippen LogP contribution in [0.5, 0.6) is 0 Å². The van der Waals surface area contributed by atoms with E-state index < -0.39 is 23.8 Å². The van der Waals surface area contributed by atoms with Crippen molar-refractivity contribution < 1.29 is 22.7 Å². The molecule has 0 fully saturated rings. The molecule has 0 radical (unpaired) electrons. The molecule has 0 saturated heterocycles. The zero-order valence-corrected chi connectivity index (χ0v) is 9.82. The lowest BCUT2D eigenvalue weighted by Gasteiger charge is -2.12. The number of rotatable bonds is 2. The lowest BCUT2D eigenvalue weighted by Crippen LogP contribution is -2.09. The molecule has 1 aromatic heterocycles. The molecular weight excluding hydrogens is 264 g/mol. The summed E-state index contributed by atoms with van der Waals surface area (Å²) in [6.07, 6.45) is -4.46. The molecule has 102 valence electrons. The first-order valence-corrected chi connectivity index (χ1v) is 5.40. The summed E-state index contributed by atoms with van der Waals surface area (Å²) < 4.78 is 51.4. The summed E-state index contributed by atoms with van der Waals surface area (Å²) in [5, 5.41) is 12.9. The molecule has 19 heavy (non-hydrogen) atoms. The first-order chi connectivity index (χ1) is 8.79. The van der Waals surface area contributed by atoms with Gasteiger partial charge in [-0.05, 0) is 31.2 Å². The second kappa shape index (κ2) is 4.65. The summed E-state index contributed by atoms with van der Waals surface area (Å²) in [4.78, 5) is 0. The summed E-state index contributed by atoms with van der Waals surface area (Å²) in [7, 11) is 0. The standard InChI is InChI=1S/C12H10F4N2O/c1-7(19)9-6-8(13)2-3-10(9)18-5-4-11(17-18)12(14,15)16/h2-7,19H,1H3. The Kier molecular flexibility index (Phi) is 3.32. The van der Waals surface area contributed by atoms with Gasteiger partial charge in [-0.1, -0.05) is 0 Å². The van der Waals surface area contributed by atoms with Crippen molar-refractivity contribution in [2.75, 3.05) is 0 Å². The minimum Gasteiger partial charge on any atom is -0.389 e. The van der Waals surface area contributed by atoms with Gasteiger partial charge >= 0.3 is 6.18 Å². The van der Waals surface area contributed by atoms with Crippen molar-refractivity contribution in [3.8, 4) is 5.69 Å². The highest BCUT2D eigenvalue weighted by molar-refractivity contribution is 5.42. The van der Waals surface area contributed by atoms with Crippen LogP contribution in [0, 0.1) is 5.82 Å². The summed E-state index contributed by atoms with van der Waals surface area (Å²) in [5.41, 5.74) is -0.683. The largest absolute Gasteiger partial charge is 0.435 e. The van der Waals surface area contributed by atoms with E-state index in [0.29, 0.717) is 0 Å². The van der Waals surface area contributed by atoms with Gasteiger partial charge in [0, 0.05) is 11.8 Å². The number of hydrogen-bond acceptors (Lipinski definition) is 2. The molecule has 1 aromatic carbocycles. The average molecular weight is 274 g/mol. The Balaban J connectivity index is 2.50. The van der Waals surface area contributed by atoms with Crippen molar-refractivity contribution in [1.29, 1.82) is 0 Å². The van der Waals surface area contributed by atoms with Gasteiger partial charge in [0.25, 0.3) is 0 Å². The van der Waals surface area contributed by atoms with Crippen LogP contribution >= 0.6 is 0 Å². The normalized spacial score (nSPS) is 13.6. The lowest BCUT2D eigenvalue weighted by molar-refractivity contribution is -0.141. The van der Waals surface area contributed by atoms with E-state index in [4.69, 9.17) is 0 Å². The topological polar surface area (TPSA) is 38.0 Å². The SMILES string of the molecule is CC(O)c1cc(F)ccc1-n1ccc(C(F)(F)F)n1. The van der Waals surface area contributed by atoms with Gasteiger partial charge in [-0.3, -0.25) is 0 Å². The smallest absolute Gasteiger partial charge is 0.389 e. The first kappa shape index (κ1) is 13.5. The monoisotopic (exact) mass is 274 g/mol. The number of alkyl halides is 3. The highest BCUT2D eigenvalue weighted by Gasteiger charge is 2.33. The van der Waals surface area contributed by atoms with Crippen LogP contribution in [0.2, 0.25) is 0 Å². The number of aromatic nitrogens is 2. The molecule has 2 rings (SSSR count). The van der Waals surface area contributed by atoms with E-state index in [1.807, 2.05) is 0 Å². The van der Waals surface area contributed by atoms with Crippen LogP contribution in [-0.4, -0.2) is 14.9 Å². The fraction of sp³-hybridized carbons (Fsp3) is 0.250. The van der Waals surface area contributed by atoms with Gasteiger partial charge in [-0.2, -0.15) is 18.3 Å². The van der Waals surface area contributed by atoms with E-state index >= 15 is 0 Å². The van der Waals surface area contributed by atoms with Crippen LogP contribution in [0.15, 0.2) is 30.5 Å². The predicted octanol–water partition coefficient (Wildman–Crippen LogP) is 3.08. The lowest BCUT2D eigenvalue weighted by atomic mass is 10.1. The Hall–Kier alpha value is -1.89. The van der Waals surface area contributed by atoms with Gasteiger partial charge in [0.15, 0.2) is 5.69 Å². The van der Waals surface area contributed by atoms with E-state index in [-0.39, 0.29) is 11.3 Å². The molecule has 0 saturated carbocycles. The fourth-order valence-electron chi connectivity index (χ4n) is 1.68. The van der Waals surface area contributed by atoms with Crippen molar-refractivity contribution in [3.05, 3.63) is 47.5 Å².